The Morgan fingerprint density at radius 1 is 1.31 bits per heavy atom. The van der Waals surface area contributed by atoms with E-state index in [-0.39, 0.29) is 4.90 Å². The standard InChI is InChI=1S/C9H11NO2S/c1-2-9(10)13(11,12)8-6-4-3-5-7-8/h2-7,9H,1,10H2. The highest BCUT2D eigenvalue weighted by Gasteiger charge is 2.19. The van der Waals surface area contributed by atoms with E-state index in [1.165, 1.54) is 18.2 Å². The van der Waals surface area contributed by atoms with Crippen LogP contribution in [-0.2, 0) is 9.84 Å². The first kappa shape index (κ1) is 9.95. The molecule has 1 atom stereocenters. The zero-order chi connectivity index (χ0) is 9.90. The minimum Gasteiger partial charge on any atom is -0.312 e. The molecular formula is C9H11NO2S. The summed E-state index contributed by atoms with van der Waals surface area (Å²) in [6, 6.07) is 8.08. The second-order valence-electron chi connectivity index (χ2n) is 2.56. The molecule has 2 N–H and O–H groups in total. The summed E-state index contributed by atoms with van der Waals surface area (Å²) >= 11 is 0. The van der Waals surface area contributed by atoms with Crippen molar-refractivity contribution in [1.82, 2.24) is 0 Å². The molecule has 0 saturated carbocycles. The number of nitrogens with two attached hydrogens (primary N) is 1. The van der Waals surface area contributed by atoms with E-state index in [1.807, 2.05) is 0 Å². The second kappa shape index (κ2) is 3.72. The van der Waals surface area contributed by atoms with E-state index in [2.05, 4.69) is 6.58 Å². The molecule has 1 aromatic carbocycles. The summed E-state index contributed by atoms with van der Waals surface area (Å²) in [5.74, 6) is 0. The summed E-state index contributed by atoms with van der Waals surface area (Å²) in [7, 11) is -3.43. The SMILES string of the molecule is C=CC(N)S(=O)(=O)c1ccccc1. The molecule has 1 aromatic rings. The largest absolute Gasteiger partial charge is 0.312 e. The molecule has 0 radical (unpaired) electrons. The predicted octanol–water partition coefficient (Wildman–Crippen LogP) is 0.931. The Bertz CT molecular complexity index is 383. The molecule has 0 amide bonds. The van der Waals surface area contributed by atoms with Crippen molar-refractivity contribution in [3.05, 3.63) is 43.0 Å². The summed E-state index contributed by atoms with van der Waals surface area (Å²) in [5.41, 5.74) is 5.38. The van der Waals surface area contributed by atoms with Gasteiger partial charge >= 0.3 is 0 Å². The molecule has 0 spiro atoms. The smallest absolute Gasteiger partial charge is 0.197 e. The molecule has 0 heterocycles. The third-order valence-electron chi connectivity index (χ3n) is 1.66. The third-order valence-corrected chi connectivity index (χ3v) is 3.50. The lowest BCUT2D eigenvalue weighted by molar-refractivity contribution is 0.589. The molecule has 0 aliphatic carbocycles. The van der Waals surface area contributed by atoms with Crippen molar-refractivity contribution < 1.29 is 8.42 Å². The molecule has 0 aliphatic rings. The highest BCUT2D eigenvalue weighted by molar-refractivity contribution is 7.92. The van der Waals surface area contributed by atoms with E-state index in [0.29, 0.717) is 0 Å². The lowest BCUT2D eigenvalue weighted by Crippen LogP contribution is -2.27. The van der Waals surface area contributed by atoms with Gasteiger partial charge in [0.1, 0.15) is 5.37 Å². The predicted molar refractivity (Wildman–Crippen MR) is 51.8 cm³/mol. The molecule has 0 aliphatic heterocycles. The van der Waals surface area contributed by atoms with Crippen LogP contribution < -0.4 is 5.73 Å². The van der Waals surface area contributed by atoms with Gasteiger partial charge in [-0.05, 0) is 12.1 Å². The maximum Gasteiger partial charge on any atom is 0.197 e. The summed E-state index contributed by atoms with van der Waals surface area (Å²) in [6.07, 6.45) is 1.21. The van der Waals surface area contributed by atoms with Crippen molar-refractivity contribution in [3.8, 4) is 0 Å². The number of benzene rings is 1. The van der Waals surface area contributed by atoms with Gasteiger partial charge < -0.3 is 5.73 Å². The van der Waals surface area contributed by atoms with Gasteiger partial charge in [-0.1, -0.05) is 24.3 Å². The van der Waals surface area contributed by atoms with Gasteiger partial charge in [0.25, 0.3) is 0 Å². The Morgan fingerprint density at radius 2 is 1.85 bits per heavy atom. The zero-order valence-electron chi connectivity index (χ0n) is 7.05. The molecule has 0 saturated heterocycles. The topological polar surface area (TPSA) is 60.2 Å². The average Bonchev–Trinajstić information content (AvgIpc) is 2.18. The molecule has 0 aromatic heterocycles. The van der Waals surface area contributed by atoms with Crippen LogP contribution in [0.2, 0.25) is 0 Å². The first-order valence-corrected chi connectivity index (χ1v) is 5.31. The van der Waals surface area contributed by atoms with E-state index in [4.69, 9.17) is 5.73 Å². The molecule has 0 fully saturated rings. The molecule has 3 nitrogen and oxygen atoms in total. The number of sulfone groups is 1. The van der Waals surface area contributed by atoms with E-state index in [1.54, 1.807) is 18.2 Å². The summed E-state index contributed by atoms with van der Waals surface area (Å²) in [6.45, 7) is 3.35. The van der Waals surface area contributed by atoms with Crippen LogP contribution in [0.25, 0.3) is 0 Å². The highest BCUT2D eigenvalue weighted by Crippen LogP contribution is 2.12. The van der Waals surface area contributed by atoms with E-state index >= 15 is 0 Å². The van der Waals surface area contributed by atoms with Crippen molar-refractivity contribution in [2.75, 3.05) is 0 Å². The van der Waals surface area contributed by atoms with Crippen molar-refractivity contribution in [3.63, 3.8) is 0 Å². The first-order valence-electron chi connectivity index (χ1n) is 3.76. The fraction of sp³-hybridized carbons (Fsp3) is 0.111. The van der Waals surface area contributed by atoms with Crippen molar-refractivity contribution >= 4 is 9.84 Å². The number of rotatable bonds is 3. The van der Waals surface area contributed by atoms with Gasteiger partial charge in [-0.2, -0.15) is 0 Å². The van der Waals surface area contributed by atoms with Crippen LogP contribution >= 0.6 is 0 Å². The monoisotopic (exact) mass is 197 g/mol. The van der Waals surface area contributed by atoms with Crippen LogP contribution in [0, 0.1) is 0 Å². The van der Waals surface area contributed by atoms with Gasteiger partial charge in [0.05, 0.1) is 4.90 Å². The van der Waals surface area contributed by atoms with Gasteiger partial charge in [0, 0.05) is 0 Å². The van der Waals surface area contributed by atoms with Crippen molar-refractivity contribution in [2.24, 2.45) is 5.73 Å². The van der Waals surface area contributed by atoms with E-state index in [9.17, 15) is 8.42 Å². The van der Waals surface area contributed by atoms with Crippen molar-refractivity contribution in [1.29, 1.82) is 0 Å². The molecule has 0 bridgehead atoms. The first-order chi connectivity index (χ1) is 6.09. The Balaban J connectivity index is 3.16. The molecule has 13 heavy (non-hydrogen) atoms. The fourth-order valence-corrected chi connectivity index (χ4v) is 2.00. The van der Waals surface area contributed by atoms with Crippen LogP contribution in [0.1, 0.15) is 0 Å². The van der Waals surface area contributed by atoms with Gasteiger partial charge in [-0.15, -0.1) is 6.58 Å². The number of hydrogen-bond donors (Lipinski definition) is 1. The van der Waals surface area contributed by atoms with Crippen molar-refractivity contribution in [2.45, 2.75) is 10.3 Å². The van der Waals surface area contributed by atoms with Crippen LogP contribution in [-0.4, -0.2) is 13.8 Å². The molecular weight excluding hydrogens is 186 g/mol. The summed E-state index contributed by atoms with van der Waals surface area (Å²) < 4.78 is 23.1. The van der Waals surface area contributed by atoms with Gasteiger partial charge in [-0.3, -0.25) is 0 Å². The maximum absolute atomic E-state index is 11.6. The van der Waals surface area contributed by atoms with Gasteiger partial charge in [-0.25, -0.2) is 8.42 Å². The van der Waals surface area contributed by atoms with Crippen LogP contribution in [0.15, 0.2) is 47.9 Å². The highest BCUT2D eigenvalue weighted by atomic mass is 32.2. The molecule has 4 heteroatoms. The fourth-order valence-electron chi connectivity index (χ4n) is 0.894. The quantitative estimate of drug-likeness (QED) is 0.733. The minimum atomic E-state index is -3.43. The molecule has 1 unspecified atom stereocenters. The third kappa shape index (κ3) is 1.96. The Hall–Kier alpha value is -1.13. The lowest BCUT2D eigenvalue weighted by Gasteiger charge is -2.07. The van der Waals surface area contributed by atoms with Gasteiger partial charge in [0.2, 0.25) is 0 Å². The molecule has 1 rings (SSSR count). The normalized spacial score (nSPS) is 13.6. The summed E-state index contributed by atoms with van der Waals surface area (Å²) in [4.78, 5) is 0.224. The van der Waals surface area contributed by atoms with E-state index < -0.39 is 15.2 Å². The summed E-state index contributed by atoms with van der Waals surface area (Å²) in [5, 5.41) is -1.03. The van der Waals surface area contributed by atoms with E-state index in [0.717, 1.165) is 0 Å². The Labute approximate surface area is 77.8 Å². The zero-order valence-corrected chi connectivity index (χ0v) is 7.87. The lowest BCUT2D eigenvalue weighted by atomic mass is 10.4. The van der Waals surface area contributed by atoms with Crippen LogP contribution in [0.5, 0.6) is 0 Å². The minimum absolute atomic E-state index is 0.224. The van der Waals surface area contributed by atoms with Crippen LogP contribution in [0.3, 0.4) is 0 Å². The Morgan fingerprint density at radius 3 is 2.31 bits per heavy atom. The van der Waals surface area contributed by atoms with Gasteiger partial charge in [0.15, 0.2) is 9.84 Å². The maximum atomic E-state index is 11.6. The van der Waals surface area contributed by atoms with Crippen LogP contribution in [0.4, 0.5) is 0 Å². The molecule has 70 valence electrons. The average molecular weight is 197 g/mol. The Kier molecular flexibility index (Phi) is 2.85. The number of hydrogen-bond acceptors (Lipinski definition) is 3. The second-order valence-corrected chi connectivity index (χ2v) is 4.66.